The molecule has 0 radical (unpaired) electrons. The molecule has 1 aromatic carbocycles. The van der Waals surface area contributed by atoms with E-state index in [-0.39, 0.29) is 11.9 Å². The molecular weight excluding hydrogens is 310 g/mol. The van der Waals surface area contributed by atoms with Gasteiger partial charge in [-0.2, -0.15) is 0 Å². The molecule has 0 fully saturated rings. The Bertz CT molecular complexity index is 950. The molecule has 0 saturated heterocycles. The molecule has 5 nitrogen and oxygen atoms in total. The Hall–Kier alpha value is -3.08. The normalized spacial score (nSPS) is 16.5. The molecule has 0 aliphatic heterocycles. The lowest BCUT2D eigenvalue weighted by atomic mass is 9.78. The van der Waals surface area contributed by atoms with Crippen LogP contribution in [-0.2, 0) is 6.42 Å². The Morgan fingerprint density at radius 1 is 1.08 bits per heavy atom. The minimum absolute atomic E-state index is 0.199. The molecule has 0 saturated carbocycles. The van der Waals surface area contributed by atoms with Crippen molar-refractivity contribution in [1.29, 1.82) is 5.41 Å². The summed E-state index contributed by atoms with van der Waals surface area (Å²) < 4.78 is 0. The predicted octanol–water partition coefficient (Wildman–Crippen LogP) is 3.53. The molecule has 5 heteroatoms. The third kappa shape index (κ3) is 2.78. The Balaban J connectivity index is 1.79. The molecule has 0 amide bonds. The first-order chi connectivity index (χ1) is 12.1. The maximum atomic E-state index is 8.50. The fourth-order valence-electron chi connectivity index (χ4n) is 3.71. The third-order valence-corrected chi connectivity index (χ3v) is 4.75. The van der Waals surface area contributed by atoms with Crippen molar-refractivity contribution < 1.29 is 0 Å². The van der Waals surface area contributed by atoms with E-state index in [0.717, 1.165) is 34.5 Å². The summed E-state index contributed by atoms with van der Waals surface area (Å²) >= 11 is 0. The molecule has 25 heavy (non-hydrogen) atoms. The van der Waals surface area contributed by atoms with Gasteiger partial charge in [-0.1, -0.05) is 30.3 Å². The molecule has 1 unspecified atom stereocenters. The van der Waals surface area contributed by atoms with Crippen molar-refractivity contribution in [2.75, 3.05) is 5.73 Å². The molecular formula is C20H19N5. The van der Waals surface area contributed by atoms with Crippen molar-refractivity contribution in [2.24, 2.45) is 0 Å². The first kappa shape index (κ1) is 15.4. The van der Waals surface area contributed by atoms with Crippen molar-refractivity contribution >= 4 is 11.7 Å². The van der Waals surface area contributed by atoms with Crippen molar-refractivity contribution in [3.8, 4) is 11.1 Å². The maximum absolute atomic E-state index is 8.50. The van der Waals surface area contributed by atoms with E-state index in [1.807, 2.05) is 31.3 Å². The van der Waals surface area contributed by atoms with Gasteiger partial charge in [0.25, 0.3) is 0 Å². The predicted molar refractivity (Wildman–Crippen MR) is 98.7 cm³/mol. The lowest BCUT2D eigenvalue weighted by molar-refractivity contribution is 0.676. The third-order valence-electron chi connectivity index (χ3n) is 4.75. The van der Waals surface area contributed by atoms with Crippen LogP contribution >= 0.6 is 0 Å². The van der Waals surface area contributed by atoms with E-state index < -0.39 is 0 Å². The van der Waals surface area contributed by atoms with Gasteiger partial charge in [0.1, 0.15) is 0 Å². The number of fused-ring (bicyclic) bond motifs is 1. The lowest BCUT2D eigenvalue weighted by Crippen LogP contribution is -2.23. The highest BCUT2D eigenvalue weighted by Crippen LogP contribution is 2.37. The largest absolute Gasteiger partial charge is 0.368 e. The first-order valence-electron chi connectivity index (χ1n) is 8.33. The molecule has 1 atom stereocenters. The SMILES string of the molecule is Cc1nc(N)nc2c1C(=N)CC(c1ccccc1-c1cccnc1)C2. The molecule has 2 heterocycles. The van der Waals surface area contributed by atoms with E-state index >= 15 is 0 Å². The topological polar surface area (TPSA) is 88.5 Å². The van der Waals surface area contributed by atoms with Gasteiger partial charge < -0.3 is 11.1 Å². The summed E-state index contributed by atoms with van der Waals surface area (Å²) in [5.41, 5.74) is 12.4. The van der Waals surface area contributed by atoms with Gasteiger partial charge in [-0.25, -0.2) is 9.97 Å². The van der Waals surface area contributed by atoms with E-state index in [2.05, 4.69) is 33.2 Å². The Morgan fingerprint density at radius 3 is 2.72 bits per heavy atom. The Morgan fingerprint density at radius 2 is 1.92 bits per heavy atom. The Kier molecular flexibility index (Phi) is 3.76. The minimum Gasteiger partial charge on any atom is -0.368 e. The van der Waals surface area contributed by atoms with Crippen LogP contribution in [-0.4, -0.2) is 20.7 Å². The van der Waals surface area contributed by atoms with Gasteiger partial charge in [0, 0.05) is 29.2 Å². The summed E-state index contributed by atoms with van der Waals surface area (Å²) in [6.07, 6.45) is 5.10. The number of pyridine rings is 1. The Labute approximate surface area is 146 Å². The number of rotatable bonds is 2. The molecule has 3 aromatic rings. The van der Waals surface area contributed by atoms with Crippen molar-refractivity contribution in [2.45, 2.75) is 25.7 Å². The molecule has 4 rings (SSSR count). The lowest BCUT2D eigenvalue weighted by Gasteiger charge is -2.27. The quantitative estimate of drug-likeness (QED) is 0.753. The molecule has 124 valence electrons. The number of anilines is 1. The summed E-state index contributed by atoms with van der Waals surface area (Å²) in [4.78, 5) is 12.9. The fourth-order valence-corrected chi connectivity index (χ4v) is 3.71. The highest BCUT2D eigenvalue weighted by atomic mass is 15.0. The maximum Gasteiger partial charge on any atom is 0.220 e. The summed E-state index contributed by atoms with van der Waals surface area (Å²) in [7, 11) is 0. The summed E-state index contributed by atoms with van der Waals surface area (Å²) in [6.45, 7) is 1.90. The van der Waals surface area contributed by atoms with Gasteiger partial charge >= 0.3 is 0 Å². The number of benzene rings is 1. The van der Waals surface area contributed by atoms with Crippen molar-refractivity contribution in [3.63, 3.8) is 0 Å². The number of nitrogen functional groups attached to an aromatic ring is 1. The first-order valence-corrected chi connectivity index (χ1v) is 8.33. The van der Waals surface area contributed by atoms with Crippen LogP contribution < -0.4 is 5.73 Å². The van der Waals surface area contributed by atoms with Gasteiger partial charge in [-0.15, -0.1) is 0 Å². The second-order valence-electron chi connectivity index (χ2n) is 6.40. The second kappa shape index (κ2) is 6.09. The highest BCUT2D eigenvalue weighted by molar-refractivity contribution is 6.01. The smallest absolute Gasteiger partial charge is 0.220 e. The van der Waals surface area contributed by atoms with Crippen molar-refractivity contribution in [1.82, 2.24) is 15.0 Å². The van der Waals surface area contributed by atoms with Gasteiger partial charge in [0.15, 0.2) is 0 Å². The van der Waals surface area contributed by atoms with Crippen LogP contribution in [0.1, 0.15) is 34.9 Å². The molecule has 2 aromatic heterocycles. The highest BCUT2D eigenvalue weighted by Gasteiger charge is 2.28. The van der Waals surface area contributed by atoms with E-state index in [0.29, 0.717) is 12.1 Å². The van der Waals surface area contributed by atoms with Crippen LogP contribution in [0.4, 0.5) is 5.95 Å². The van der Waals surface area contributed by atoms with Crippen LogP contribution in [0.2, 0.25) is 0 Å². The van der Waals surface area contributed by atoms with E-state index in [1.165, 1.54) is 5.56 Å². The number of nitrogens with one attached hydrogen (secondary N) is 1. The number of nitrogens with zero attached hydrogens (tertiary/aromatic N) is 3. The van der Waals surface area contributed by atoms with Crippen LogP contribution in [0.5, 0.6) is 0 Å². The average molecular weight is 329 g/mol. The molecule has 1 aliphatic carbocycles. The fraction of sp³-hybridized carbons (Fsp3) is 0.200. The van der Waals surface area contributed by atoms with Crippen molar-refractivity contribution in [3.05, 3.63) is 71.3 Å². The van der Waals surface area contributed by atoms with E-state index in [1.54, 1.807) is 6.20 Å². The zero-order valence-corrected chi connectivity index (χ0v) is 14.0. The number of nitrogens with two attached hydrogens (primary N) is 1. The molecule has 0 bridgehead atoms. The summed E-state index contributed by atoms with van der Waals surface area (Å²) in [5, 5.41) is 8.50. The van der Waals surface area contributed by atoms with Crippen LogP contribution in [0.15, 0.2) is 48.8 Å². The summed E-state index contributed by atoms with van der Waals surface area (Å²) in [5.74, 6) is 0.482. The van der Waals surface area contributed by atoms with Crippen LogP contribution in [0.3, 0.4) is 0 Å². The molecule has 0 spiro atoms. The average Bonchev–Trinajstić information content (AvgIpc) is 2.61. The minimum atomic E-state index is 0.199. The van der Waals surface area contributed by atoms with E-state index in [9.17, 15) is 0 Å². The molecule has 1 aliphatic rings. The number of hydrogen-bond donors (Lipinski definition) is 2. The molecule has 3 N–H and O–H groups in total. The zero-order chi connectivity index (χ0) is 17.4. The van der Waals surface area contributed by atoms with Gasteiger partial charge in [0.05, 0.1) is 11.4 Å². The van der Waals surface area contributed by atoms with Crippen LogP contribution in [0.25, 0.3) is 11.1 Å². The standard InChI is InChI=1S/C20H19N5/c1-12-19-17(21)9-14(10-18(19)25-20(22)24-12)16-7-3-2-6-15(16)13-5-4-8-23-11-13/h2-8,11,14,21H,9-10H2,1H3,(H2,22,24,25). The van der Waals surface area contributed by atoms with Gasteiger partial charge in [0.2, 0.25) is 5.95 Å². The number of aromatic nitrogens is 3. The van der Waals surface area contributed by atoms with Gasteiger partial charge in [-0.05, 0) is 42.9 Å². The zero-order valence-electron chi connectivity index (χ0n) is 14.0. The second-order valence-corrected chi connectivity index (χ2v) is 6.40. The van der Waals surface area contributed by atoms with Crippen LogP contribution in [0, 0.1) is 12.3 Å². The number of aryl methyl sites for hydroxylation is 1. The monoisotopic (exact) mass is 329 g/mol. The van der Waals surface area contributed by atoms with E-state index in [4.69, 9.17) is 11.1 Å². The number of hydrogen-bond acceptors (Lipinski definition) is 5. The summed E-state index contributed by atoms with van der Waals surface area (Å²) in [6, 6.07) is 12.4. The van der Waals surface area contributed by atoms with Gasteiger partial charge in [-0.3, -0.25) is 4.98 Å².